The molecule has 1 N–H and O–H groups in total. The minimum Gasteiger partial charge on any atom is -0.307 e. The fraction of sp³-hybridized carbons (Fsp3) is 1.00. The summed E-state index contributed by atoms with van der Waals surface area (Å²) in [5, 5.41) is 3.42. The maximum absolute atomic E-state index is 13.1. The summed E-state index contributed by atoms with van der Waals surface area (Å²) in [5.41, 5.74) is -0.0810. The van der Waals surface area contributed by atoms with E-state index in [0.29, 0.717) is 12.8 Å². The van der Waals surface area contributed by atoms with Crippen LogP contribution < -0.4 is 5.32 Å². The van der Waals surface area contributed by atoms with Gasteiger partial charge in [-0.15, -0.1) is 0 Å². The van der Waals surface area contributed by atoms with Gasteiger partial charge in [-0.3, -0.25) is 0 Å². The molecular weight excluding hydrogens is 141 g/mol. The molecule has 0 unspecified atom stereocenters. The van der Waals surface area contributed by atoms with E-state index in [1.807, 2.05) is 0 Å². The van der Waals surface area contributed by atoms with E-state index in [2.05, 4.69) is 33.0 Å². The smallest absolute Gasteiger partial charge is 0.104 e. The number of alkyl halides is 1. The molecule has 0 amide bonds. The van der Waals surface area contributed by atoms with Gasteiger partial charge in [-0.1, -0.05) is 0 Å². The lowest BCUT2D eigenvalue weighted by Gasteiger charge is -2.44. The lowest BCUT2D eigenvalue weighted by atomic mass is 9.82. The second-order valence-corrected chi connectivity index (χ2v) is 4.90. The first-order valence-corrected chi connectivity index (χ1v) is 4.24. The van der Waals surface area contributed by atoms with Crippen LogP contribution >= 0.6 is 0 Å². The lowest BCUT2D eigenvalue weighted by Crippen LogP contribution is -2.58. The van der Waals surface area contributed by atoms with E-state index in [4.69, 9.17) is 0 Å². The highest BCUT2D eigenvalue weighted by Crippen LogP contribution is 2.29. The van der Waals surface area contributed by atoms with E-state index in [9.17, 15) is 4.39 Å². The van der Waals surface area contributed by atoms with Gasteiger partial charge < -0.3 is 5.32 Å². The molecule has 0 bridgehead atoms. The highest BCUT2D eigenvalue weighted by atomic mass is 19.1. The molecular formula is C9H18FN. The number of nitrogens with one attached hydrogen (secondary N) is 1. The van der Waals surface area contributed by atoms with Crippen molar-refractivity contribution in [2.24, 2.45) is 0 Å². The molecule has 1 fully saturated rings. The van der Waals surface area contributed by atoms with Crippen LogP contribution in [-0.2, 0) is 0 Å². The van der Waals surface area contributed by atoms with Gasteiger partial charge in [0.2, 0.25) is 0 Å². The minimum atomic E-state index is -0.638. The van der Waals surface area contributed by atoms with Crippen molar-refractivity contribution in [2.75, 3.05) is 0 Å². The van der Waals surface area contributed by atoms with Crippen LogP contribution in [0.5, 0.6) is 0 Å². The monoisotopic (exact) mass is 159 g/mol. The maximum Gasteiger partial charge on any atom is 0.104 e. The van der Waals surface area contributed by atoms with Crippen LogP contribution in [0.15, 0.2) is 0 Å². The summed E-state index contributed by atoms with van der Waals surface area (Å²) in [6.45, 7) is 8.22. The predicted octanol–water partition coefficient (Wildman–Crippen LogP) is 2.27. The van der Waals surface area contributed by atoms with E-state index in [0.717, 1.165) is 0 Å². The zero-order chi connectivity index (χ0) is 8.70. The summed E-state index contributed by atoms with van der Waals surface area (Å²) in [4.78, 5) is 0. The van der Waals surface area contributed by atoms with Gasteiger partial charge in [0.1, 0.15) is 6.17 Å². The Bertz CT molecular complexity index is 136. The third kappa shape index (κ3) is 2.44. The van der Waals surface area contributed by atoms with Crippen LogP contribution in [0, 0.1) is 0 Å². The van der Waals surface area contributed by atoms with Crippen LogP contribution in [0.25, 0.3) is 0 Å². The molecule has 11 heavy (non-hydrogen) atoms. The second-order valence-electron chi connectivity index (χ2n) is 4.90. The summed E-state index contributed by atoms with van der Waals surface area (Å²) in [6, 6.07) is 0. The molecule has 1 nitrogen and oxygen atoms in total. The van der Waals surface area contributed by atoms with Crippen molar-refractivity contribution in [3.63, 3.8) is 0 Å². The summed E-state index contributed by atoms with van der Waals surface area (Å²) in [6.07, 6.45) is 0.633. The first-order chi connectivity index (χ1) is 4.81. The number of hydrogen-bond acceptors (Lipinski definition) is 1. The van der Waals surface area contributed by atoms with Crippen LogP contribution in [0.3, 0.4) is 0 Å². The van der Waals surface area contributed by atoms with Crippen LogP contribution in [0.1, 0.15) is 40.5 Å². The van der Waals surface area contributed by atoms with Gasteiger partial charge in [0.25, 0.3) is 0 Å². The Kier molecular flexibility index (Phi) is 1.99. The minimum absolute atomic E-state index is 0.0405. The summed E-state index contributed by atoms with van der Waals surface area (Å²) in [5.74, 6) is 0. The maximum atomic E-state index is 13.1. The first kappa shape index (κ1) is 8.98. The van der Waals surface area contributed by atoms with Crippen molar-refractivity contribution in [2.45, 2.75) is 57.8 Å². The van der Waals surface area contributed by atoms with Crippen molar-refractivity contribution < 1.29 is 4.39 Å². The molecule has 0 aromatic carbocycles. The Hall–Kier alpha value is -0.110. The molecule has 0 aromatic rings. The topological polar surface area (TPSA) is 12.0 Å². The molecule has 0 saturated carbocycles. The molecule has 1 aliphatic rings. The fourth-order valence-electron chi connectivity index (χ4n) is 2.20. The standard InChI is InChI=1S/C9H18FN/c1-8(2)5-7(10)6-9(3,4)11-8/h7,11H,5-6H2,1-4H3. The molecule has 0 radical (unpaired) electrons. The van der Waals surface area contributed by atoms with Crippen molar-refractivity contribution >= 4 is 0 Å². The second kappa shape index (κ2) is 2.44. The average Bonchev–Trinajstić information content (AvgIpc) is 1.49. The van der Waals surface area contributed by atoms with Crippen molar-refractivity contribution in [1.82, 2.24) is 5.32 Å². The number of piperidine rings is 1. The zero-order valence-corrected chi connectivity index (χ0v) is 7.87. The van der Waals surface area contributed by atoms with Gasteiger partial charge in [0.05, 0.1) is 0 Å². The van der Waals surface area contributed by atoms with Gasteiger partial charge in [-0.2, -0.15) is 0 Å². The summed E-state index contributed by atoms with van der Waals surface area (Å²) >= 11 is 0. The van der Waals surface area contributed by atoms with Gasteiger partial charge in [-0.05, 0) is 40.5 Å². The molecule has 0 aromatic heterocycles. The highest BCUT2D eigenvalue weighted by Gasteiger charge is 2.37. The normalized spacial score (nSPS) is 30.3. The van der Waals surface area contributed by atoms with Gasteiger partial charge in [0, 0.05) is 11.1 Å². The Balaban J connectivity index is 2.66. The lowest BCUT2D eigenvalue weighted by molar-refractivity contribution is 0.0987. The van der Waals surface area contributed by atoms with Crippen LogP contribution in [0.2, 0.25) is 0 Å². The number of hydrogen-bond donors (Lipinski definition) is 1. The van der Waals surface area contributed by atoms with Gasteiger partial charge >= 0.3 is 0 Å². The summed E-state index contributed by atoms with van der Waals surface area (Å²) < 4.78 is 13.1. The van der Waals surface area contributed by atoms with E-state index < -0.39 is 6.17 Å². The molecule has 1 heterocycles. The Labute approximate surface area is 68.4 Å². The molecule has 2 heteroatoms. The van der Waals surface area contributed by atoms with Gasteiger partial charge in [0.15, 0.2) is 0 Å². The third-order valence-corrected chi connectivity index (χ3v) is 2.14. The SMILES string of the molecule is CC1(C)CC(F)CC(C)(C)N1. The third-order valence-electron chi connectivity index (χ3n) is 2.14. The first-order valence-electron chi connectivity index (χ1n) is 4.24. The molecule has 1 rings (SSSR count). The highest BCUT2D eigenvalue weighted by molar-refractivity contribution is 4.96. The van der Waals surface area contributed by atoms with E-state index in [1.165, 1.54) is 0 Å². The molecule has 0 aliphatic carbocycles. The van der Waals surface area contributed by atoms with Crippen molar-refractivity contribution in [3.8, 4) is 0 Å². The number of rotatable bonds is 0. The zero-order valence-electron chi connectivity index (χ0n) is 7.87. The molecule has 0 spiro atoms. The van der Waals surface area contributed by atoms with Gasteiger partial charge in [-0.25, -0.2) is 4.39 Å². The van der Waals surface area contributed by atoms with Crippen molar-refractivity contribution in [3.05, 3.63) is 0 Å². The van der Waals surface area contributed by atoms with E-state index in [-0.39, 0.29) is 11.1 Å². The summed E-state index contributed by atoms with van der Waals surface area (Å²) in [7, 11) is 0. The molecule has 1 saturated heterocycles. The number of halogens is 1. The van der Waals surface area contributed by atoms with E-state index >= 15 is 0 Å². The Morgan fingerprint density at radius 3 is 1.73 bits per heavy atom. The molecule has 1 aliphatic heterocycles. The average molecular weight is 159 g/mol. The molecule has 0 atom stereocenters. The largest absolute Gasteiger partial charge is 0.307 e. The fourth-order valence-corrected chi connectivity index (χ4v) is 2.20. The Morgan fingerprint density at radius 2 is 1.45 bits per heavy atom. The van der Waals surface area contributed by atoms with Crippen LogP contribution in [-0.4, -0.2) is 17.2 Å². The quantitative estimate of drug-likeness (QED) is 0.571. The van der Waals surface area contributed by atoms with Crippen LogP contribution in [0.4, 0.5) is 4.39 Å². The Morgan fingerprint density at radius 1 is 1.09 bits per heavy atom. The van der Waals surface area contributed by atoms with E-state index in [1.54, 1.807) is 0 Å². The molecule has 66 valence electrons. The van der Waals surface area contributed by atoms with Crippen molar-refractivity contribution in [1.29, 1.82) is 0 Å². The predicted molar refractivity (Wildman–Crippen MR) is 45.4 cm³/mol.